The number of imidazole rings is 1. The summed E-state index contributed by atoms with van der Waals surface area (Å²) in [6.45, 7) is 4.26. The number of alkyl halides is 3. The van der Waals surface area contributed by atoms with Gasteiger partial charge in [-0.1, -0.05) is 22.8 Å². The lowest BCUT2D eigenvalue weighted by molar-refractivity contribution is -0.159. The van der Waals surface area contributed by atoms with E-state index in [1.807, 2.05) is 4.57 Å². The maximum atomic E-state index is 14.6. The Hall–Kier alpha value is -4.34. The minimum atomic E-state index is -4.76. The zero-order valence-corrected chi connectivity index (χ0v) is 25.4. The van der Waals surface area contributed by atoms with Crippen molar-refractivity contribution in [3.05, 3.63) is 82.6 Å². The standard InChI is InChI=1S/C31H27ClF5N7O3/c32-19-2-1-18(23(34)11-19)17-46-27-12-20(3-4-22(27)33)43-8-6-42(7-9-43)16-28-39-24-13-25(29-40-30(47-41-29)31(35,36)37)38-14-26(24)44(28)15-21-5-10-45-21/h1-4,11-14,21H,5-10,15-17H2. The number of benzene rings is 2. The molecule has 1 unspecified atom stereocenters. The first-order valence-corrected chi connectivity index (χ1v) is 15.2. The molecule has 7 rings (SSSR count). The Morgan fingerprint density at radius 1 is 0.979 bits per heavy atom. The van der Waals surface area contributed by atoms with Gasteiger partial charge < -0.3 is 23.5 Å². The summed E-state index contributed by atoms with van der Waals surface area (Å²) in [5, 5.41) is 3.71. The summed E-state index contributed by atoms with van der Waals surface area (Å²) < 4.78 is 85.4. The third-order valence-corrected chi connectivity index (χ3v) is 8.44. The fourth-order valence-corrected chi connectivity index (χ4v) is 5.71. The van der Waals surface area contributed by atoms with Crippen molar-refractivity contribution in [1.82, 2.24) is 29.6 Å². The molecule has 47 heavy (non-hydrogen) atoms. The molecule has 2 saturated heterocycles. The lowest BCUT2D eigenvalue weighted by Gasteiger charge is -2.36. The summed E-state index contributed by atoms with van der Waals surface area (Å²) in [6, 6.07) is 10.4. The largest absolute Gasteiger partial charge is 0.486 e. The maximum absolute atomic E-state index is 14.6. The molecule has 10 nitrogen and oxygen atoms in total. The van der Waals surface area contributed by atoms with Gasteiger partial charge in [0, 0.05) is 55.1 Å². The van der Waals surface area contributed by atoms with Gasteiger partial charge in [-0.2, -0.15) is 18.2 Å². The van der Waals surface area contributed by atoms with E-state index >= 15 is 0 Å². The second-order valence-electron chi connectivity index (χ2n) is 11.3. The Balaban J connectivity index is 1.04. The minimum Gasteiger partial charge on any atom is -0.486 e. The Labute approximate surface area is 269 Å². The predicted octanol–water partition coefficient (Wildman–Crippen LogP) is 6.12. The summed E-state index contributed by atoms with van der Waals surface area (Å²) in [4.78, 5) is 16.9. The Morgan fingerprint density at radius 2 is 1.79 bits per heavy atom. The van der Waals surface area contributed by atoms with Crippen LogP contribution in [-0.2, 0) is 30.6 Å². The van der Waals surface area contributed by atoms with E-state index in [1.54, 1.807) is 30.5 Å². The third-order valence-electron chi connectivity index (χ3n) is 8.21. The van der Waals surface area contributed by atoms with Gasteiger partial charge in [-0.15, -0.1) is 0 Å². The molecule has 0 amide bonds. The van der Waals surface area contributed by atoms with E-state index < -0.39 is 23.7 Å². The van der Waals surface area contributed by atoms with Gasteiger partial charge in [-0.3, -0.25) is 9.88 Å². The van der Waals surface area contributed by atoms with Crippen molar-refractivity contribution in [3.8, 4) is 17.3 Å². The van der Waals surface area contributed by atoms with Crippen LogP contribution in [0.25, 0.3) is 22.6 Å². The molecule has 5 heterocycles. The number of anilines is 1. The van der Waals surface area contributed by atoms with Crippen molar-refractivity contribution in [2.45, 2.75) is 38.4 Å². The number of rotatable bonds is 9. The van der Waals surface area contributed by atoms with Crippen LogP contribution in [0.2, 0.25) is 5.02 Å². The Morgan fingerprint density at radius 3 is 2.49 bits per heavy atom. The average Bonchev–Trinajstić information content (AvgIpc) is 3.65. The second-order valence-corrected chi connectivity index (χ2v) is 11.7. The van der Waals surface area contributed by atoms with Crippen LogP contribution in [0, 0.1) is 11.6 Å². The smallest absolute Gasteiger partial charge is 0.471 e. The number of fused-ring (bicyclic) bond motifs is 1. The van der Waals surface area contributed by atoms with Crippen LogP contribution in [-0.4, -0.2) is 68.5 Å². The molecule has 2 fully saturated rings. The van der Waals surface area contributed by atoms with Crippen LogP contribution in [0.15, 0.2) is 53.2 Å². The lowest BCUT2D eigenvalue weighted by Crippen LogP contribution is -2.46. The van der Waals surface area contributed by atoms with Crippen molar-refractivity contribution >= 4 is 28.3 Å². The van der Waals surface area contributed by atoms with E-state index in [1.165, 1.54) is 18.2 Å². The van der Waals surface area contributed by atoms with Gasteiger partial charge in [-0.05, 0) is 36.8 Å². The highest BCUT2D eigenvalue weighted by Gasteiger charge is 2.38. The first-order valence-electron chi connectivity index (χ1n) is 14.8. The molecule has 2 aliphatic rings. The van der Waals surface area contributed by atoms with Gasteiger partial charge in [0.25, 0.3) is 0 Å². The van der Waals surface area contributed by atoms with Crippen LogP contribution < -0.4 is 9.64 Å². The molecule has 3 aromatic heterocycles. The van der Waals surface area contributed by atoms with E-state index in [2.05, 4.69) is 29.4 Å². The predicted molar refractivity (Wildman–Crippen MR) is 160 cm³/mol. The zero-order chi connectivity index (χ0) is 32.7. The minimum absolute atomic E-state index is 0.0228. The molecule has 0 aliphatic carbocycles. The first kappa shape index (κ1) is 31.3. The Kier molecular flexibility index (Phi) is 8.45. The highest BCUT2D eigenvalue weighted by molar-refractivity contribution is 6.30. The molecule has 0 bridgehead atoms. The summed E-state index contributed by atoms with van der Waals surface area (Å²) in [7, 11) is 0. The van der Waals surface area contributed by atoms with Gasteiger partial charge in [0.1, 0.15) is 23.9 Å². The molecule has 2 aliphatic heterocycles. The van der Waals surface area contributed by atoms with E-state index in [-0.39, 0.29) is 40.6 Å². The molecular weight excluding hydrogens is 649 g/mol. The summed E-state index contributed by atoms with van der Waals surface area (Å²) >= 11 is 5.82. The number of nitrogens with zero attached hydrogens (tertiary/aromatic N) is 7. The third kappa shape index (κ3) is 6.73. The number of piperazine rings is 1. The fraction of sp³-hybridized carbons (Fsp3) is 0.355. The molecule has 0 saturated carbocycles. The van der Waals surface area contributed by atoms with Crippen molar-refractivity contribution in [2.75, 3.05) is 37.7 Å². The SMILES string of the molecule is Fc1cc(Cl)ccc1COc1cc(N2CCN(Cc3nc4cc(-c5noc(C(F)(F)F)n5)ncc4n3CC3CCO3)CC2)ccc1F. The summed E-state index contributed by atoms with van der Waals surface area (Å²) in [5.74, 6) is -2.01. The molecule has 0 radical (unpaired) electrons. The maximum Gasteiger partial charge on any atom is 0.471 e. The van der Waals surface area contributed by atoms with Crippen LogP contribution >= 0.6 is 11.6 Å². The number of ether oxygens (including phenoxy) is 2. The van der Waals surface area contributed by atoms with Crippen molar-refractivity contribution < 1.29 is 35.9 Å². The van der Waals surface area contributed by atoms with Gasteiger partial charge in [-0.25, -0.2) is 13.8 Å². The van der Waals surface area contributed by atoms with Gasteiger partial charge >= 0.3 is 12.1 Å². The normalized spacial score (nSPS) is 17.3. The van der Waals surface area contributed by atoms with E-state index in [4.69, 9.17) is 26.1 Å². The highest BCUT2D eigenvalue weighted by Crippen LogP contribution is 2.31. The fourth-order valence-electron chi connectivity index (χ4n) is 5.55. The van der Waals surface area contributed by atoms with Crippen molar-refractivity contribution in [2.24, 2.45) is 0 Å². The second kappa shape index (κ2) is 12.7. The van der Waals surface area contributed by atoms with E-state index in [0.29, 0.717) is 51.4 Å². The number of pyridine rings is 1. The molecule has 1 atom stereocenters. The summed E-state index contributed by atoms with van der Waals surface area (Å²) in [5.41, 5.74) is 2.41. The zero-order valence-electron chi connectivity index (χ0n) is 24.7. The summed E-state index contributed by atoms with van der Waals surface area (Å²) in [6.07, 6.45) is -2.27. The molecule has 0 N–H and O–H groups in total. The number of hydrogen-bond donors (Lipinski definition) is 0. The quantitative estimate of drug-likeness (QED) is 0.171. The number of hydrogen-bond acceptors (Lipinski definition) is 9. The molecule has 5 aromatic rings. The van der Waals surface area contributed by atoms with Crippen molar-refractivity contribution in [3.63, 3.8) is 0 Å². The first-order chi connectivity index (χ1) is 22.6. The Bertz CT molecular complexity index is 1900. The molecular formula is C31H27ClF5N7O3. The van der Waals surface area contributed by atoms with Crippen LogP contribution in [0.5, 0.6) is 5.75 Å². The highest BCUT2D eigenvalue weighted by atomic mass is 35.5. The molecule has 246 valence electrons. The molecule has 16 heteroatoms. The van der Waals surface area contributed by atoms with Gasteiger partial charge in [0.15, 0.2) is 11.6 Å². The lowest BCUT2D eigenvalue weighted by atomic mass is 10.2. The van der Waals surface area contributed by atoms with Crippen LogP contribution in [0.3, 0.4) is 0 Å². The van der Waals surface area contributed by atoms with Crippen LogP contribution in [0.1, 0.15) is 23.7 Å². The molecule has 0 spiro atoms. The van der Waals surface area contributed by atoms with Crippen molar-refractivity contribution in [1.29, 1.82) is 0 Å². The molecule has 2 aromatic carbocycles. The van der Waals surface area contributed by atoms with E-state index in [9.17, 15) is 22.0 Å². The number of halogens is 6. The van der Waals surface area contributed by atoms with E-state index in [0.717, 1.165) is 23.4 Å². The van der Waals surface area contributed by atoms with Gasteiger partial charge in [0.2, 0.25) is 5.82 Å². The van der Waals surface area contributed by atoms with Crippen LogP contribution in [0.4, 0.5) is 27.6 Å². The van der Waals surface area contributed by atoms with Gasteiger partial charge in [0.05, 0.1) is 36.4 Å². The monoisotopic (exact) mass is 675 g/mol. The topological polar surface area (TPSA) is 94.6 Å². The number of aromatic nitrogens is 5. The average molecular weight is 676 g/mol.